The summed E-state index contributed by atoms with van der Waals surface area (Å²) in [7, 11) is 0. The maximum absolute atomic E-state index is 12.0. The molecule has 1 heterocycles. The number of hydrogen-bond donors (Lipinski definition) is 3. The van der Waals surface area contributed by atoms with Crippen LogP contribution in [0.5, 0.6) is 0 Å². The molecule has 1 unspecified atom stereocenters. The van der Waals surface area contributed by atoms with Gasteiger partial charge in [0.25, 0.3) is 0 Å². The Morgan fingerprint density at radius 3 is 2.68 bits per heavy atom. The zero-order valence-electron chi connectivity index (χ0n) is 11.1. The summed E-state index contributed by atoms with van der Waals surface area (Å²) < 4.78 is 5.49. The fraction of sp³-hybridized carbons (Fsp3) is 0.846. The third-order valence-electron chi connectivity index (χ3n) is 3.87. The number of carboxylic acids is 1. The summed E-state index contributed by atoms with van der Waals surface area (Å²) in [6.07, 6.45) is 3.70. The third-order valence-corrected chi connectivity index (χ3v) is 3.87. The van der Waals surface area contributed by atoms with Gasteiger partial charge in [-0.15, -0.1) is 0 Å². The Morgan fingerprint density at radius 1 is 1.37 bits per heavy atom. The van der Waals surface area contributed by atoms with E-state index in [4.69, 9.17) is 9.84 Å². The van der Waals surface area contributed by atoms with Crippen LogP contribution in [-0.4, -0.2) is 48.3 Å². The van der Waals surface area contributed by atoms with Crippen LogP contribution in [0.3, 0.4) is 0 Å². The molecule has 2 rings (SSSR count). The predicted molar refractivity (Wildman–Crippen MR) is 68.8 cm³/mol. The molecule has 2 aliphatic rings. The topological polar surface area (TPSA) is 87.7 Å². The molecule has 1 saturated heterocycles. The summed E-state index contributed by atoms with van der Waals surface area (Å²) in [6.45, 7) is 2.12. The van der Waals surface area contributed by atoms with Gasteiger partial charge in [0.15, 0.2) is 0 Å². The molecule has 0 aromatic carbocycles. The molecule has 0 aromatic rings. The highest BCUT2D eigenvalue weighted by molar-refractivity contribution is 5.79. The number of ether oxygens (including phenoxy) is 1. The number of carbonyl (C=O) groups excluding carboxylic acids is 1. The maximum atomic E-state index is 12.0. The number of hydrogen-bond acceptors (Lipinski definition) is 4. The van der Waals surface area contributed by atoms with E-state index < -0.39 is 11.5 Å². The quantitative estimate of drug-likeness (QED) is 0.667. The highest BCUT2D eigenvalue weighted by Crippen LogP contribution is 2.32. The fourth-order valence-corrected chi connectivity index (χ4v) is 2.99. The minimum absolute atomic E-state index is 0.0164. The van der Waals surface area contributed by atoms with Crippen molar-refractivity contribution in [1.29, 1.82) is 0 Å². The van der Waals surface area contributed by atoms with Crippen LogP contribution in [-0.2, 0) is 14.3 Å². The van der Waals surface area contributed by atoms with Gasteiger partial charge in [-0.05, 0) is 12.8 Å². The molecule has 6 heteroatoms. The lowest BCUT2D eigenvalue weighted by Crippen LogP contribution is -2.50. The SMILES string of the molecule is O=C(O)CC1(NC(=O)CC2CNCCO2)CCCC1. The highest BCUT2D eigenvalue weighted by atomic mass is 16.5. The van der Waals surface area contributed by atoms with Crippen molar-refractivity contribution < 1.29 is 19.4 Å². The molecule has 1 aliphatic heterocycles. The summed E-state index contributed by atoms with van der Waals surface area (Å²) >= 11 is 0. The Kier molecular flexibility index (Phi) is 4.76. The van der Waals surface area contributed by atoms with Gasteiger partial charge in [-0.3, -0.25) is 9.59 Å². The van der Waals surface area contributed by atoms with E-state index in [2.05, 4.69) is 10.6 Å². The third kappa shape index (κ3) is 4.18. The number of carbonyl (C=O) groups is 2. The van der Waals surface area contributed by atoms with Crippen LogP contribution in [0.25, 0.3) is 0 Å². The second kappa shape index (κ2) is 6.34. The molecule has 0 bridgehead atoms. The number of morpholine rings is 1. The van der Waals surface area contributed by atoms with E-state index >= 15 is 0 Å². The van der Waals surface area contributed by atoms with Gasteiger partial charge in [-0.2, -0.15) is 0 Å². The van der Waals surface area contributed by atoms with Crippen molar-refractivity contribution >= 4 is 11.9 Å². The summed E-state index contributed by atoms with van der Waals surface area (Å²) in [4.78, 5) is 23.0. The van der Waals surface area contributed by atoms with Crippen LogP contribution in [0.15, 0.2) is 0 Å². The Morgan fingerprint density at radius 2 is 2.11 bits per heavy atom. The molecule has 6 nitrogen and oxygen atoms in total. The molecule has 2 fully saturated rings. The molecule has 0 aromatic heterocycles. The minimum Gasteiger partial charge on any atom is -0.481 e. The zero-order chi connectivity index (χ0) is 13.7. The van der Waals surface area contributed by atoms with Crippen molar-refractivity contribution in [1.82, 2.24) is 10.6 Å². The lowest BCUT2D eigenvalue weighted by Gasteiger charge is -2.30. The van der Waals surface area contributed by atoms with Gasteiger partial charge in [0, 0.05) is 13.1 Å². The minimum atomic E-state index is -0.849. The normalized spacial score (nSPS) is 26.0. The van der Waals surface area contributed by atoms with Crippen molar-refractivity contribution in [3.63, 3.8) is 0 Å². The summed E-state index contributed by atoms with van der Waals surface area (Å²) in [5, 5.41) is 15.1. The van der Waals surface area contributed by atoms with Gasteiger partial charge in [0.05, 0.1) is 31.1 Å². The predicted octanol–water partition coefficient (Wildman–Crippen LogP) is 0.269. The largest absolute Gasteiger partial charge is 0.481 e. The van der Waals surface area contributed by atoms with Crippen LogP contribution in [0.4, 0.5) is 0 Å². The Labute approximate surface area is 112 Å². The first-order chi connectivity index (χ1) is 9.10. The van der Waals surface area contributed by atoms with Crippen LogP contribution >= 0.6 is 0 Å². The Balaban J connectivity index is 1.86. The van der Waals surface area contributed by atoms with Gasteiger partial charge in [-0.25, -0.2) is 0 Å². The average molecular weight is 270 g/mol. The zero-order valence-corrected chi connectivity index (χ0v) is 11.1. The fourth-order valence-electron chi connectivity index (χ4n) is 2.99. The van der Waals surface area contributed by atoms with Gasteiger partial charge >= 0.3 is 5.97 Å². The van der Waals surface area contributed by atoms with Crippen molar-refractivity contribution in [2.24, 2.45) is 0 Å². The monoisotopic (exact) mass is 270 g/mol. The highest BCUT2D eigenvalue weighted by Gasteiger charge is 2.37. The molecular weight excluding hydrogens is 248 g/mol. The molecule has 1 amide bonds. The number of carboxylic acid groups (broad SMARTS) is 1. The molecule has 108 valence electrons. The second-order valence-electron chi connectivity index (χ2n) is 5.51. The Bertz CT molecular complexity index is 334. The van der Waals surface area contributed by atoms with E-state index in [1.807, 2.05) is 0 Å². The number of nitrogens with one attached hydrogen (secondary N) is 2. The first-order valence-corrected chi connectivity index (χ1v) is 6.95. The summed E-state index contributed by atoms with van der Waals surface area (Å²) in [5.41, 5.74) is -0.537. The van der Waals surface area contributed by atoms with E-state index in [-0.39, 0.29) is 18.4 Å². The van der Waals surface area contributed by atoms with Gasteiger partial charge in [-0.1, -0.05) is 12.8 Å². The molecular formula is C13H22N2O4. The molecule has 19 heavy (non-hydrogen) atoms. The van der Waals surface area contributed by atoms with Crippen molar-refractivity contribution in [2.75, 3.05) is 19.7 Å². The van der Waals surface area contributed by atoms with Crippen LogP contribution in [0.1, 0.15) is 38.5 Å². The maximum Gasteiger partial charge on any atom is 0.305 e. The van der Waals surface area contributed by atoms with Gasteiger partial charge in [0.1, 0.15) is 0 Å². The standard InChI is InChI=1S/C13H22N2O4/c16-11(7-10-9-14-5-6-19-10)15-13(8-12(17)18)3-1-2-4-13/h10,14H,1-9H2,(H,15,16)(H,17,18). The number of aliphatic carboxylic acids is 1. The average Bonchev–Trinajstić information content (AvgIpc) is 2.77. The first kappa shape index (κ1) is 14.3. The molecule has 3 N–H and O–H groups in total. The van der Waals surface area contributed by atoms with Crippen molar-refractivity contribution in [3.8, 4) is 0 Å². The van der Waals surface area contributed by atoms with E-state index in [0.29, 0.717) is 19.6 Å². The summed E-state index contributed by atoms with van der Waals surface area (Å²) in [6, 6.07) is 0. The van der Waals surface area contributed by atoms with Crippen LogP contribution < -0.4 is 10.6 Å². The summed E-state index contributed by atoms with van der Waals surface area (Å²) in [5.74, 6) is -0.949. The van der Waals surface area contributed by atoms with Crippen molar-refractivity contribution in [3.05, 3.63) is 0 Å². The molecule has 1 saturated carbocycles. The smallest absolute Gasteiger partial charge is 0.305 e. The van der Waals surface area contributed by atoms with E-state index in [0.717, 1.165) is 32.2 Å². The van der Waals surface area contributed by atoms with Gasteiger partial charge in [0.2, 0.25) is 5.91 Å². The van der Waals surface area contributed by atoms with Gasteiger partial charge < -0.3 is 20.5 Å². The van der Waals surface area contributed by atoms with E-state index in [1.54, 1.807) is 0 Å². The van der Waals surface area contributed by atoms with E-state index in [1.165, 1.54) is 0 Å². The van der Waals surface area contributed by atoms with Crippen LogP contribution in [0.2, 0.25) is 0 Å². The Hall–Kier alpha value is -1.14. The van der Waals surface area contributed by atoms with Crippen molar-refractivity contribution in [2.45, 2.75) is 50.2 Å². The van der Waals surface area contributed by atoms with Crippen LogP contribution in [0, 0.1) is 0 Å². The molecule has 1 aliphatic carbocycles. The lowest BCUT2D eigenvalue weighted by atomic mass is 9.93. The second-order valence-corrected chi connectivity index (χ2v) is 5.51. The number of amides is 1. The molecule has 0 radical (unpaired) electrons. The first-order valence-electron chi connectivity index (χ1n) is 6.95. The number of rotatable bonds is 5. The lowest BCUT2D eigenvalue weighted by molar-refractivity contribution is -0.139. The molecule has 0 spiro atoms. The molecule has 1 atom stereocenters. The van der Waals surface area contributed by atoms with E-state index in [9.17, 15) is 9.59 Å².